The lowest BCUT2D eigenvalue weighted by Gasteiger charge is -2.20. The molecule has 0 saturated heterocycles. The first-order valence-electron chi connectivity index (χ1n) is 5.74. The van der Waals surface area contributed by atoms with Gasteiger partial charge in [-0.25, -0.2) is 8.42 Å². The fourth-order valence-electron chi connectivity index (χ4n) is 1.65. The Hall–Kier alpha value is -1.07. The van der Waals surface area contributed by atoms with Crippen LogP contribution in [-0.4, -0.2) is 32.7 Å². The molecule has 0 bridgehead atoms. The van der Waals surface area contributed by atoms with Crippen molar-refractivity contribution in [3.63, 3.8) is 0 Å². The maximum atomic E-state index is 11.3. The molecule has 0 aliphatic heterocycles. The summed E-state index contributed by atoms with van der Waals surface area (Å²) in [6.07, 6.45) is 1.17. The number of sulfonamides is 1. The van der Waals surface area contributed by atoms with Gasteiger partial charge in [0.1, 0.15) is 0 Å². The van der Waals surface area contributed by atoms with Crippen molar-refractivity contribution in [1.82, 2.24) is 4.90 Å². The smallest absolute Gasteiger partial charge is 0.229 e. The third kappa shape index (κ3) is 4.75. The van der Waals surface area contributed by atoms with Crippen LogP contribution < -0.4 is 4.72 Å². The summed E-state index contributed by atoms with van der Waals surface area (Å²) >= 11 is 0. The maximum Gasteiger partial charge on any atom is 0.229 e. The number of anilines is 1. The second-order valence-corrected chi connectivity index (χ2v) is 5.74. The summed E-state index contributed by atoms with van der Waals surface area (Å²) in [7, 11) is -3.22. The van der Waals surface area contributed by atoms with Gasteiger partial charge in [-0.15, -0.1) is 0 Å². The van der Waals surface area contributed by atoms with E-state index in [4.69, 9.17) is 0 Å². The summed E-state index contributed by atoms with van der Waals surface area (Å²) in [5, 5.41) is 0. The van der Waals surface area contributed by atoms with E-state index in [-0.39, 0.29) is 0 Å². The summed E-state index contributed by atoms with van der Waals surface area (Å²) < 4.78 is 25.1. The van der Waals surface area contributed by atoms with Crippen LogP contribution in [0.5, 0.6) is 0 Å². The molecule has 0 aliphatic carbocycles. The summed E-state index contributed by atoms with van der Waals surface area (Å²) in [5.41, 5.74) is 1.67. The summed E-state index contributed by atoms with van der Waals surface area (Å²) in [6, 6.07) is 7.50. The Morgan fingerprint density at radius 2 is 1.76 bits per heavy atom. The van der Waals surface area contributed by atoms with Crippen LogP contribution in [0.1, 0.15) is 19.4 Å². The number of nitrogens with zero attached hydrogens (tertiary/aromatic N) is 1. The van der Waals surface area contributed by atoms with Crippen molar-refractivity contribution >= 4 is 15.7 Å². The Balaban J connectivity index is 2.91. The molecule has 0 aliphatic rings. The molecule has 5 heteroatoms. The largest absolute Gasteiger partial charge is 0.300 e. The number of hydrogen-bond acceptors (Lipinski definition) is 3. The van der Waals surface area contributed by atoms with E-state index in [1.165, 1.54) is 6.26 Å². The zero-order chi connectivity index (χ0) is 12.9. The van der Waals surface area contributed by atoms with Gasteiger partial charge in [-0.05, 0) is 24.7 Å². The molecule has 0 atom stereocenters. The number of nitrogens with one attached hydrogen (secondary N) is 1. The normalized spacial score (nSPS) is 11.8. The van der Waals surface area contributed by atoms with Gasteiger partial charge >= 0.3 is 0 Å². The highest BCUT2D eigenvalue weighted by Gasteiger charge is 2.09. The average Bonchev–Trinajstić information content (AvgIpc) is 2.26. The number of para-hydroxylation sites is 1. The molecule has 1 rings (SSSR count). The highest BCUT2D eigenvalue weighted by atomic mass is 32.2. The Morgan fingerprint density at radius 1 is 1.18 bits per heavy atom. The van der Waals surface area contributed by atoms with Gasteiger partial charge in [0.2, 0.25) is 10.0 Å². The Bertz CT molecular complexity index is 453. The van der Waals surface area contributed by atoms with Crippen molar-refractivity contribution in [2.24, 2.45) is 0 Å². The van der Waals surface area contributed by atoms with Crippen LogP contribution in [-0.2, 0) is 16.6 Å². The molecule has 4 nitrogen and oxygen atoms in total. The lowest BCUT2D eigenvalue weighted by Crippen LogP contribution is -2.23. The van der Waals surface area contributed by atoms with Crippen LogP contribution in [0, 0.1) is 0 Å². The van der Waals surface area contributed by atoms with Crippen LogP contribution in [0.15, 0.2) is 24.3 Å². The predicted octanol–water partition coefficient (Wildman–Crippen LogP) is 1.90. The van der Waals surface area contributed by atoms with E-state index in [1.807, 2.05) is 18.2 Å². The van der Waals surface area contributed by atoms with Crippen LogP contribution in [0.25, 0.3) is 0 Å². The average molecular weight is 256 g/mol. The van der Waals surface area contributed by atoms with Gasteiger partial charge in [-0.3, -0.25) is 9.62 Å². The van der Waals surface area contributed by atoms with Gasteiger partial charge in [0.15, 0.2) is 0 Å². The van der Waals surface area contributed by atoms with E-state index in [0.29, 0.717) is 5.69 Å². The van der Waals surface area contributed by atoms with Gasteiger partial charge < -0.3 is 0 Å². The fraction of sp³-hybridized carbons (Fsp3) is 0.500. The third-order valence-electron chi connectivity index (χ3n) is 2.60. The Labute approximate surface area is 104 Å². The molecule has 0 spiro atoms. The highest BCUT2D eigenvalue weighted by Crippen LogP contribution is 2.18. The number of benzene rings is 1. The predicted molar refractivity (Wildman–Crippen MR) is 71.5 cm³/mol. The first kappa shape index (κ1) is 14.0. The first-order valence-corrected chi connectivity index (χ1v) is 7.63. The number of rotatable bonds is 6. The topological polar surface area (TPSA) is 49.4 Å². The molecular formula is C12H20N2O2S. The third-order valence-corrected chi connectivity index (χ3v) is 3.19. The SMILES string of the molecule is CCN(CC)Cc1ccccc1NS(C)(=O)=O. The molecule has 0 fully saturated rings. The molecule has 0 saturated carbocycles. The van der Waals surface area contributed by atoms with Crippen LogP contribution >= 0.6 is 0 Å². The van der Waals surface area contributed by atoms with E-state index in [1.54, 1.807) is 6.07 Å². The molecule has 0 radical (unpaired) electrons. The van der Waals surface area contributed by atoms with Crippen molar-refractivity contribution in [2.45, 2.75) is 20.4 Å². The molecular weight excluding hydrogens is 236 g/mol. The van der Waals surface area contributed by atoms with Crippen LogP contribution in [0.3, 0.4) is 0 Å². The Morgan fingerprint density at radius 3 is 2.29 bits per heavy atom. The van der Waals surface area contributed by atoms with Crippen LogP contribution in [0.2, 0.25) is 0 Å². The van der Waals surface area contributed by atoms with E-state index in [0.717, 1.165) is 25.2 Å². The molecule has 0 aromatic heterocycles. The van der Waals surface area contributed by atoms with Crippen molar-refractivity contribution in [3.05, 3.63) is 29.8 Å². The minimum Gasteiger partial charge on any atom is -0.300 e. The number of hydrogen-bond donors (Lipinski definition) is 1. The summed E-state index contributed by atoms with van der Waals surface area (Å²) in [5.74, 6) is 0. The van der Waals surface area contributed by atoms with E-state index in [9.17, 15) is 8.42 Å². The van der Waals surface area contributed by atoms with Crippen molar-refractivity contribution in [2.75, 3.05) is 24.1 Å². The van der Waals surface area contributed by atoms with Crippen molar-refractivity contribution < 1.29 is 8.42 Å². The summed E-state index contributed by atoms with van der Waals surface area (Å²) in [4.78, 5) is 2.24. The Kier molecular flexibility index (Phi) is 4.96. The van der Waals surface area contributed by atoms with E-state index in [2.05, 4.69) is 23.5 Å². The van der Waals surface area contributed by atoms with Gasteiger partial charge in [0.25, 0.3) is 0 Å². The second kappa shape index (κ2) is 6.02. The minimum absolute atomic E-state index is 0.668. The van der Waals surface area contributed by atoms with Crippen molar-refractivity contribution in [1.29, 1.82) is 0 Å². The highest BCUT2D eigenvalue weighted by molar-refractivity contribution is 7.92. The molecule has 0 unspecified atom stereocenters. The molecule has 0 amide bonds. The molecule has 1 aromatic carbocycles. The van der Waals surface area contributed by atoms with Gasteiger partial charge in [0.05, 0.1) is 11.9 Å². The van der Waals surface area contributed by atoms with Gasteiger partial charge in [-0.1, -0.05) is 32.0 Å². The first-order chi connectivity index (χ1) is 7.96. The standard InChI is InChI=1S/C12H20N2O2S/c1-4-14(5-2)10-11-8-6-7-9-12(11)13-17(3,15)16/h6-9,13H,4-5,10H2,1-3H3. The lowest BCUT2D eigenvalue weighted by molar-refractivity contribution is 0.296. The molecule has 0 heterocycles. The van der Waals surface area contributed by atoms with E-state index < -0.39 is 10.0 Å². The lowest BCUT2D eigenvalue weighted by atomic mass is 10.1. The maximum absolute atomic E-state index is 11.3. The van der Waals surface area contributed by atoms with Crippen LogP contribution in [0.4, 0.5) is 5.69 Å². The zero-order valence-electron chi connectivity index (χ0n) is 10.6. The van der Waals surface area contributed by atoms with E-state index >= 15 is 0 Å². The zero-order valence-corrected chi connectivity index (χ0v) is 11.4. The molecule has 1 N–H and O–H groups in total. The monoisotopic (exact) mass is 256 g/mol. The fourth-order valence-corrected chi connectivity index (χ4v) is 2.24. The quantitative estimate of drug-likeness (QED) is 0.845. The molecule has 96 valence electrons. The minimum atomic E-state index is -3.22. The molecule has 1 aromatic rings. The van der Waals surface area contributed by atoms with Crippen molar-refractivity contribution in [3.8, 4) is 0 Å². The van der Waals surface area contributed by atoms with Gasteiger partial charge in [-0.2, -0.15) is 0 Å². The second-order valence-electron chi connectivity index (χ2n) is 3.99. The summed E-state index contributed by atoms with van der Waals surface area (Å²) in [6.45, 7) is 6.84. The molecule has 17 heavy (non-hydrogen) atoms. The van der Waals surface area contributed by atoms with Gasteiger partial charge in [0, 0.05) is 6.54 Å².